The zero-order valence-corrected chi connectivity index (χ0v) is 25.0. The summed E-state index contributed by atoms with van der Waals surface area (Å²) in [6, 6.07) is 7.17. The smallest absolute Gasteiger partial charge is 1.00 e. The van der Waals surface area contributed by atoms with Crippen molar-refractivity contribution < 1.29 is 108 Å². The van der Waals surface area contributed by atoms with Gasteiger partial charge in [-0.3, -0.25) is 9.79 Å². The van der Waals surface area contributed by atoms with Crippen LogP contribution in [-0.2, 0) is 20.2 Å². The summed E-state index contributed by atoms with van der Waals surface area (Å²) in [6.07, 6.45) is 1.34. The van der Waals surface area contributed by atoms with Crippen molar-refractivity contribution in [2.24, 2.45) is 0 Å². The molecule has 2 aromatic carbocycles. The Balaban J connectivity index is -0.00000256. The topological polar surface area (TPSA) is 138 Å². The molecule has 0 atom stereocenters. The number of phosphoric acid groups is 1. The van der Waals surface area contributed by atoms with Gasteiger partial charge in [-0.1, -0.05) is 6.07 Å². The van der Waals surface area contributed by atoms with Crippen LogP contribution in [0, 0.1) is 0 Å². The van der Waals surface area contributed by atoms with E-state index in [1.54, 1.807) is 12.1 Å². The summed E-state index contributed by atoms with van der Waals surface area (Å²) >= 11 is 0. The SMILES string of the molecule is COc1cc(OC)c(/C=C/S(=O)(=O)Cc2ccc(OC)c(OP(=O)(O)O)c2)c(OC)c1.[H-].[H-].[Na+].[Na+]. The molecule has 0 radical (unpaired) electrons. The first-order valence-corrected chi connectivity index (χ1v) is 11.9. The molecule has 2 N–H and O–H groups in total. The summed E-state index contributed by atoms with van der Waals surface area (Å²) in [5.41, 5.74) is 0.636. The summed E-state index contributed by atoms with van der Waals surface area (Å²) < 4.78 is 61.7. The maximum atomic E-state index is 12.6. The minimum absolute atomic E-state index is 0. The van der Waals surface area contributed by atoms with Crippen molar-refractivity contribution in [3.63, 3.8) is 0 Å². The molecule has 2 rings (SSSR count). The van der Waals surface area contributed by atoms with Gasteiger partial charge in [0.15, 0.2) is 21.3 Å². The van der Waals surface area contributed by atoms with Gasteiger partial charge in [0.2, 0.25) is 0 Å². The molecule has 0 unspecified atom stereocenters. The Bertz CT molecular complexity index is 1100. The van der Waals surface area contributed by atoms with Crippen LogP contribution in [0.2, 0.25) is 0 Å². The molecule has 174 valence electrons. The molecule has 10 nitrogen and oxygen atoms in total. The minimum atomic E-state index is -4.86. The summed E-state index contributed by atoms with van der Waals surface area (Å²) in [5, 5.41) is 0.994. The molecule has 14 heteroatoms. The molecule has 0 bridgehead atoms. The summed E-state index contributed by atoms with van der Waals surface area (Å²) in [6.45, 7) is 0. The van der Waals surface area contributed by atoms with Crippen molar-refractivity contribution in [1.82, 2.24) is 0 Å². The molecular formula is C19H25Na2O10PS. The van der Waals surface area contributed by atoms with Crippen molar-refractivity contribution in [2.45, 2.75) is 5.75 Å². The van der Waals surface area contributed by atoms with E-state index in [-0.39, 0.29) is 79.0 Å². The van der Waals surface area contributed by atoms with Crippen LogP contribution in [0.1, 0.15) is 14.0 Å². The number of hydrogen-bond acceptors (Lipinski definition) is 8. The second kappa shape index (κ2) is 14.0. The monoisotopic (exact) mass is 522 g/mol. The summed E-state index contributed by atoms with van der Waals surface area (Å²) in [4.78, 5) is 18.1. The van der Waals surface area contributed by atoms with Crippen molar-refractivity contribution >= 4 is 23.7 Å². The second-order valence-electron chi connectivity index (χ2n) is 6.12. The number of rotatable bonds is 10. The van der Waals surface area contributed by atoms with Crippen LogP contribution >= 0.6 is 7.82 Å². The second-order valence-corrected chi connectivity index (χ2v) is 9.17. The normalized spacial score (nSPS) is 11.2. The van der Waals surface area contributed by atoms with Gasteiger partial charge < -0.3 is 26.3 Å². The average molecular weight is 522 g/mol. The quantitative estimate of drug-likeness (QED) is 0.246. The molecule has 0 saturated heterocycles. The summed E-state index contributed by atoms with van der Waals surface area (Å²) in [7, 11) is -3.02. The molecule has 0 aliphatic carbocycles. The zero-order valence-electron chi connectivity index (χ0n) is 21.3. The predicted molar refractivity (Wildman–Crippen MR) is 116 cm³/mol. The van der Waals surface area contributed by atoms with Gasteiger partial charge in [-0.25, -0.2) is 13.0 Å². The van der Waals surface area contributed by atoms with E-state index in [2.05, 4.69) is 4.52 Å². The van der Waals surface area contributed by atoms with E-state index >= 15 is 0 Å². The molecule has 0 heterocycles. The number of benzene rings is 2. The summed E-state index contributed by atoms with van der Waals surface area (Å²) in [5.74, 6) is 0.503. The number of methoxy groups -OCH3 is 4. The van der Waals surface area contributed by atoms with E-state index < -0.39 is 23.4 Å². The Labute approximate surface area is 239 Å². The van der Waals surface area contributed by atoms with E-state index in [1.807, 2.05) is 0 Å². The molecule has 0 fully saturated rings. The van der Waals surface area contributed by atoms with Gasteiger partial charge in [-0.15, -0.1) is 0 Å². The van der Waals surface area contributed by atoms with Gasteiger partial charge >= 0.3 is 66.9 Å². The van der Waals surface area contributed by atoms with E-state index in [0.29, 0.717) is 22.8 Å². The maximum Gasteiger partial charge on any atom is 1.00 e. The molecule has 0 spiro atoms. The van der Waals surface area contributed by atoms with Crippen LogP contribution in [0.5, 0.6) is 28.7 Å². The van der Waals surface area contributed by atoms with Gasteiger partial charge in [0.1, 0.15) is 17.2 Å². The number of hydrogen-bond donors (Lipinski definition) is 2. The van der Waals surface area contributed by atoms with Crippen molar-refractivity contribution in [2.75, 3.05) is 28.4 Å². The third-order valence-corrected chi connectivity index (χ3v) is 5.73. The first-order valence-electron chi connectivity index (χ1n) is 8.64. The third kappa shape index (κ3) is 9.81. The van der Waals surface area contributed by atoms with Crippen molar-refractivity contribution in [1.29, 1.82) is 0 Å². The molecular weight excluding hydrogens is 497 g/mol. The van der Waals surface area contributed by atoms with Crippen LogP contribution < -0.4 is 82.6 Å². The van der Waals surface area contributed by atoms with Crippen LogP contribution in [0.3, 0.4) is 0 Å². The van der Waals surface area contributed by atoms with Crippen LogP contribution in [-0.4, -0.2) is 46.6 Å². The molecule has 0 aliphatic heterocycles. The zero-order chi connectivity index (χ0) is 23.2. The van der Waals surface area contributed by atoms with Crippen LogP contribution in [0.25, 0.3) is 6.08 Å². The van der Waals surface area contributed by atoms with Gasteiger partial charge in [-0.05, 0) is 23.8 Å². The first-order chi connectivity index (χ1) is 14.5. The van der Waals surface area contributed by atoms with E-state index in [0.717, 1.165) is 5.41 Å². The minimum Gasteiger partial charge on any atom is -1.00 e. The van der Waals surface area contributed by atoms with Gasteiger partial charge in [0, 0.05) is 17.5 Å². The molecule has 33 heavy (non-hydrogen) atoms. The molecule has 0 saturated carbocycles. The van der Waals surface area contributed by atoms with Crippen molar-refractivity contribution in [3.05, 3.63) is 46.9 Å². The van der Waals surface area contributed by atoms with Gasteiger partial charge in [-0.2, -0.15) is 0 Å². The van der Waals surface area contributed by atoms with E-state index in [9.17, 15) is 13.0 Å². The number of phosphoric ester groups is 1. The Hall–Kier alpha value is -0.720. The third-order valence-electron chi connectivity index (χ3n) is 4.01. The van der Waals surface area contributed by atoms with Crippen LogP contribution in [0.4, 0.5) is 0 Å². The van der Waals surface area contributed by atoms with Gasteiger partial charge in [0.05, 0.1) is 39.8 Å². The molecule has 0 aromatic heterocycles. The Morgan fingerprint density at radius 3 is 1.88 bits per heavy atom. The maximum absolute atomic E-state index is 12.6. The fraction of sp³-hybridized carbons (Fsp3) is 0.263. The molecule has 0 amide bonds. The Kier molecular flexibility index (Phi) is 13.7. The average Bonchev–Trinajstić information content (AvgIpc) is 2.70. The standard InChI is InChI=1S/C19H23O10PS.2Na.2H/c1-25-14-10-17(27-3)15(18(11-14)28-4)7-8-31(23,24)12-13-5-6-16(26-2)19(9-13)29-30(20,21)22;;;;/h5-11H,12H2,1-4H3,(H2,20,21,22);;;;/q;2*+1;2*-1/b8-7+;;;;. The van der Waals surface area contributed by atoms with Crippen molar-refractivity contribution in [3.8, 4) is 28.7 Å². The fourth-order valence-electron chi connectivity index (χ4n) is 2.66. The largest absolute Gasteiger partial charge is 1.00 e. The fourth-order valence-corrected chi connectivity index (χ4v) is 4.14. The molecule has 2 aromatic rings. The Morgan fingerprint density at radius 2 is 1.42 bits per heavy atom. The van der Waals surface area contributed by atoms with Gasteiger partial charge in [0.25, 0.3) is 0 Å². The Morgan fingerprint density at radius 1 is 0.879 bits per heavy atom. The van der Waals surface area contributed by atoms with E-state index in [4.69, 9.17) is 28.7 Å². The molecule has 0 aliphatic rings. The van der Waals surface area contributed by atoms with E-state index in [1.165, 1.54) is 52.7 Å². The predicted octanol–water partition coefficient (Wildman–Crippen LogP) is -2.99. The van der Waals surface area contributed by atoms with Crippen LogP contribution in [0.15, 0.2) is 35.7 Å². The number of sulfone groups is 1. The first kappa shape index (κ1) is 32.3. The number of ether oxygens (including phenoxy) is 4.